The van der Waals surface area contributed by atoms with Gasteiger partial charge in [0.25, 0.3) is 0 Å². The molecule has 0 saturated carbocycles. The van der Waals surface area contributed by atoms with Crippen LogP contribution in [0.2, 0.25) is 0 Å². The lowest BCUT2D eigenvalue weighted by Crippen LogP contribution is -2.28. The van der Waals surface area contributed by atoms with E-state index in [0.717, 1.165) is 13.0 Å². The first-order valence-corrected chi connectivity index (χ1v) is 7.42. The standard InChI is InChI=1S/C15H22BrF2N/c1-5-8-19-12(9-15(2,3)4)13-11(17)7-6-10(16)14(13)18/h6-7,12,19H,5,8-9H2,1-4H3. The topological polar surface area (TPSA) is 12.0 Å². The van der Waals surface area contributed by atoms with Crippen molar-refractivity contribution in [1.29, 1.82) is 0 Å². The number of hydrogen-bond donors (Lipinski definition) is 1. The molecule has 0 fully saturated rings. The van der Waals surface area contributed by atoms with Crippen molar-refractivity contribution in [2.45, 2.75) is 46.6 Å². The smallest absolute Gasteiger partial charge is 0.145 e. The maximum absolute atomic E-state index is 14.2. The molecule has 0 aliphatic carbocycles. The SMILES string of the molecule is CCCNC(CC(C)(C)C)c1c(F)ccc(Br)c1F. The van der Waals surface area contributed by atoms with E-state index < -0.39 is 11.6 Å². The van der Waals surface area contributed by atoms with E-state index in [2.05, 4.69) is 42.0 Å². The van der Waals surface area contributed by atoms with Crippen LogP contribution in [0.25, 0.3) is 0 Å². The quantitative estimate of drug-likeness (QED) is 0.730. The van der Waals surface area contributed by atoms with Crippen LogP contribution in [0, 0.1) is 17.0 Å². The summed E-state index contributed by atoms with van der Waals surface area (Å²) < 4.78 is 28.5. The molecule has 0 radical (unpaired) electrons. The average Bonchev–Trinajstić information content (AvgIpc) is 2.29. The van der Waals surface area contributed by atoms with Gasteiger partial charge in [0.2, 0.25) is 0 Å². The summed E-state index contributed by atoms with van der Waals surface area (Å²) >= 11 is 3.13. The summed E-state index contributed by atoms with van der Waals surface area (Å²) in [5, 5.41) is 3.25. The second-order valence-corrected chi connectivity index (χ2v) is 6.88. The van der Waals surface area contributed by atoms with Gasteiger partial charge in [-0.15, -0.1) is 0 Å². The lowest BCUT2D eigenvalue weighted by Gasteiger charge is -2.28. The lowest BCUT2D eigenvalue weighted by molar-refractivity contribution is 0.301. The third kappa shape index (κ3) is 4.84. The fourth-order valence-corrected chi connectivity index (χ4v) is 2.42. The zero-order valence-corrected chi connectivity index (χ0v) is 13.6. The minimum absolute atomic E-state index is 0.00734. The normalized spacial score (nSPS) is 13.6. The molecule has 1 unspecified atom stereocenters. The van der Waals surface area contributed by atoms with Gasteiger partial charge in [-0.25, -0.2) is 8.78 Å². The van der Waals surface area contributed by atoms with E-state index in [4.69, 9.17) is 0 Å². The van der Waals surface area contributed by atoms with Crippen molar-refractivity contribution >= 4 is 15.9 Å². The third-order valence-corrected chi connectivity index (χ3v) is 3.50. The molecule has 0 spiro atoms. The van der Waals surface area contributed by atoms with Gasteiger partial charge in [-0.3, -0.25) is 0 Å². The summed E-state index contributed by atoms with van der Waals surface area (Å²) in [6, 6.07) is 2.41. The minimum Gasteiger partial charge on any atom is -0.310 e. The summed E-state index contributed by atoms with van der Waals surface area (Å²) in [7, 11) is 0. The Labute approximate surface area is 122 Å². The molecule has 0 amide bonds. The summed E-state index contributed by atoms with van der Waals surface area (Å²) in [6.07, 6.45) is 1.61. The van der Waals surface area contributed by atoms with Crippen molar-refractivity contribution in [2.24, 2.45) is 5.41 Å². The van der Waals surface area contributed by atoms with Crippen LogP contribution in [0.15, 0.2) is 16.6 Å². The summed E-state index contributed by atoms with van der Waals surface area (Å²) in [6.45, 7) is 8.99. The number of nitrogens with one attached hydrogen (secondary N) is 1. The minimum atomic E-state index is -0.502. The van der Waals surface area contributed by atoms with Crippen molar-refractivity contribution in [3.63, 3.8) is 0 Å². The summed E-state index contributed by atoms with van der Waals surface area (Å²) in [5.41, 5.74) is 0.129. The number of benzene rings is 1. The third-order valence-electron chi connectivity index (χ3n) is 2.89. The van der Waals surface area contributed by atoms with Crippen LogP contribution in [-0.2, 0) is 0 Å². The highest BCUT2D eigenvalue weighted by Gasteiger charge is 2.26. The Morgan fingerprint density at radius 3 is 2.42 bits per heavy atom. The summed E-state index contributed by atoms with van der Waals surface area (Å²) in [4.78, 5) is 0. The molecule has 19 heavy (non-hydrogen) atoms. The highest BCUT2D eigenvalue weighted by atomic mass is 79.9. The molecule has 4 heteroatoms. The van der Waals surface area contributed by atoms with Crippen LogP contribution in [0.4, 0.5) is 8.78 Å². The molecule has 1 N–H and O–H groups in total. The molecule has 0 saturated heterocycles. The second kappa shape index (κ2) is 6.80. The molecular weight excluding hydrogens is 312 g/mol. The van der Waals surface area contributed by atoms with Crippen molar-refractivity contribution in [1.82, 2.24) is 5.32 Å². The predicted molar refractivity (Wildman–Crippen MR) is 79.2 cm³/mol. The second-order valence-electron chi connectivity index (χ2n) is 6.03. The number of hydrogen-bond acceptors (Lipinski definition) is 1. The zero-order chi connectivity index (χ0) is 14.6. The Hall–Kier alpha value is -0.480. The van der Waals surface area contributed by atoms with Crippen LogP contribution in [0.3, 0.4) is 0 Å². The molecule has 1 nitrogen and oxygen atoms in total. The Balaban J connectivity index is 3.13. The molecule has 0 aliphatic rings. The molecule has 0 aromatic heterocycles. The first-order chi connectivity index (χ1) is 8.76. The Morgan fingerprint density at radius 2 is 1.89 bits per heavy atom. The van der Waals surface area contributed by atoms with Crippen molar-refractivity contribution in [3.8, 4) is 0 Å². The van der Waals surface area contributed by atoms with E-state index in [9.17, 15) is 8.78 Å². The van der Waals surface area contributed by atoms with Gasteiger partial charge >= 0.3 is 0 Å². The van der Waals surface area contributed by atoms with Crippen molar-refractivity contribution < 1.29 is 8.78 Å². The van der Waals surface area contributed by atoms with Gasteiger partial charge in [0.1, 0.15) is 11.6 Å². The highest BCUT2D eigenvalue weighted by molar-refractivity contribution is 9.10. The predicted octanol–water partition coefficient (Wildman–Crippen LogP) is 5.20. The van der Waals surface area contributed by atoms with Gasteiger partial charge in [-0.1, -0.05) is 27.7 Å². The van der Waals surface area contributed by atoms with E-state index >= 15 is 0 Å². The number of halogens is 3. The molecular formula is C15H22BrF2N. The Kier molecular flexibility index (Phi) is 5.93. The fourth-order valence-electron chi connectivity index (χ4n) is 2.07. The molecule has 1 atom stereocenters. The van der Waals surface area contributed by atoms with Crippen LogP contribution in [-0.4, -0.2) is 6.54 Å². The van der Waals surface area contributed by atoms with Crippen LogP contribution < -0.4 is 5.32 Å². The van der Waals surface area contributed by atoms with Gasteiger partial charge in [-0.05, 0) is 52.9 Å². The molecule has 0 heterocycles. The van der Waals surface area contributed by atoms with E-state index in [1.165, 1.54) is 12.1 Å². The van der Waals surface area contributed by atoms with E-state index in [-0.39, 0.29) is 17.0 Å². The van der Waals surface area contributed by atoms with Gasteiger partial charge in [-0.2, -0.15) is 0 Å². The van der Waals surface area contributed by atoms with Crippen LogP contribution in [0.5, 0.6) is 0 Å². The Bertz CT molecular complexity index is 427. The van der Waals surface area contributed by atoms with Crippen molar-refractivity contribution in [3.05, 3.63) is 33.8 Å². The molecule has 1 aromatic carbocycles. The lowest BCUT2D eigenvalue weighted by atomic mass is 9.85. The zero-order valence-electron chi connectivity index (χ0n) is 12.0. The molecule has 1 aromatic rings. The maximum atomic E-state index is 14.2. The van der Waals surface area contributed by atoms with Crippen LogP contribution >= 0.6 is 15.9 Å². The van der Waals surface area contributed by atoms with E-state index in [0.29, 0.717) is 10.9 Å². The maximum Gasteiger partial charge on any atom is 0.145 e. The number of rotatable bonds is 5. The monoisotopic (exact) mass is 333 g/mol. The van der Waals surface area contributed by atoms with Gasteiger partial charge < -0.3 is 5.32 Å². The first-order valence-electron chi connectivity index (χ1n) is 6.63. The van der Waals surface area contributed by atoms with E-state index in [1.807, 2.05) is 6.92 Å². The van der Waals surface area contributed by atoms with Gasteiger partial charge in [0.15, 0.2) is 0 Å². The highest BCUT2D eigenvalue weighted by Crippen LogP contribution is 2.34. The average molecular weight is 334 g/mol. The Morgan fingerprint density at radius 1 is 1.26 bits per heavy atom. The van der Waals surface area contributed by atoms with Crippen molar-refractivity contribution in [2.75, 3.05) is 6.54 Å². The largest absolute Gasteiger partial charge is 0.310 e. The van der Waals surface area contributed by atoms with Gasteiger partial charge in [0, 0.05) is 11.6 Å². The first kappa shape index (κ1) is 16.6. The summed E-state index contributed by atoms with van der Waals surface area (Å²) in [5.74, 6) is -0.989. The molecule has 1 rings (SSSR count). The molecule has 0 aliphatic heterocycles. The molecule has 0 bridgehead atoms. The van der Waals surface area contributed by atoms with Crippen LogP contribution in [0.1, 0.15) is 52.1 Å². The molecule has 108 valence electrons. The van der Waals surface area contributed by atoms with Gasteiger partial charge in [0.05, 0.1) is 4.47 Å². The fraction of sp³-hybridized carbons (Fsp3) is 0.600. The van der Waals surface area contributed by atoms with E-state index in [1.54, 1.807) is 0 Å².